The van der Waals surface area contributed by atoms with Gasteiger partial charge in [-0.1, -0.05) is 6.08 Å². The lowest BCUT2D eigenvalue weighted by Gasteiger charge is -2.56. The van der Waals surface area contributed by atoms with Crippen molar-refractivity contribution in [1.82, 2.24) is 10.3 Å². The van der Waals surface area contributed by atoms with Gasteiger partial charge in [-0.15, -0.1) is 6.58 Å². The summed E-state index contributed by atoms with van der Waals surface area (Å²) in [7, 11) is 0. The molecule has 4 aliphatic carbocycles. The van der Waals surface area contributed by atoms with E-state index in [-0.39, 0.29) is 11.3 Å². The van der Waals surface area contributed by atoms with Gasteiger partial charge >= 0.3 is 0 Å². The Balaban J connectivity index is 1.62. The highest BCUT2D eigenvalue weighted by atomic mass is 16.1. The van der Waals surface area contributed by atoms with E-state index in [1.807, 2.05) is 18.3 Å². The van der Waals surface area contributed by atoms with Crippen molar-refractivity contribution in [1.29, 1.82) is 0 Å². The molecule has 0 saturated heterocycles. The second-order valence-corrected chi connectivity index (χ2v) is 7.63. The van der Waals surface area contributed by atoms with Gasteiger partial charge in [0.2, 0.25) is 0 Å². The molecule has 3 heteroatoms. The number of pyridine rings is 1. The van der Waals surface area contributed by atoms with Crippen LogP contribution in [0.25, 0.3) is 0 Å². The van der Waals surface area contributed by atoms with Gasteiger partial charge in [0.15, 0.2) is 0 Å². The van der Waals surface area contributed by atoms with Crippen LogP contribution in [0, 0.1) is 17.8 Å². The molecule has 0 atom stereocenters. The molecule has 0 radical (unpaired) electrons. The molecule has 0 aliphatic heterocycles. The molecule has 1 heterocycles. The lowest BCUT2D eigenvalue weighted by molar-refractivity contribution is -0.00722. The van der Waals surface area contributed by atoms with E-state index in [4.69, 9.17) is 4.98 Å². The maximum atomic E-state index is 12.2. The summed E-state index contributed by atoms with van der Waals surface area (Å²) in [5, 5.41) is 2.86. The summed E-state index contributed by atoms with van der Waals surface area (Å²) in [6.07, 6.45) is 11.7. The SMILES string of the molecule is C=CCNC(=O)c1ccnc(C23CC4CC(CC(C4)C2)C3)c1. The Morgan fingerprint density at radius 3 is 2.50 bits per heavy atom. The largest absolute Gasteiger partial charge is 0.349 e. The Hall–Kier alpha value is -1.64. The van der Waals surface area contributed by atoms with Gasteiger partial charge in [-0.3, -0.25) is 9.78 Å². The number of carbonyl (C=O) groups excluding carboxylic acids is 1. The van der Waals surface area contributed by atoms with Crippen molar-refractivity contribution in [3.8, 4) is 0 Å². The number of hydrogen-bond donors (Lipinski definition) is 1. The van der Waals surface area contributed by atoms with Crippen LogP contribution in [0.15, 0.2) is 31.0 Å². The van der Waals surface area contributed by atoms with Crippen LogP contribution in [0.4, 0.5) is 0 Å². The molecule has 5 rings (SSSR count). The quantitative estimate of drug-likeness (QED) is 0.865. The Kier molecular flexibility index (Phi) is 3.32. The number of amides is 1. The van der Waals surface area contributed by atoms with Crippen LogP contribution >= 0.6 is 0 Å². The van der Waals surface area contributed by atoms with Gasteiger partial charge in [0.25, 0.3) is 5.91 Å². The lowest BCUT2D eigenvalue weighted by Crippen LogP contribution is -2.49. The van der Waals surface area contributed by atoms with E-state index in [0.29, 0.717) is 6.54 Å². The third-order valence-corrected chi connectivity index (χ3v) is 6.01. The van der Waals surface area contributed by atoms with E-state index >= 15 is 0 Å². The van der Waals surface area contributed by atoms with Crippen LogP contribution in [0.2, 0.25) is 0 Å². The normalized spacial score (nSPS) is 35.4. The Morgan fingerprint density at radius 2 is 1.91 bits per heavy atom. The fourth-order valence-electron chi connectivity index (χ4n) is 5.55. The van der Waals surface area contributed by atoms with Crippen LogP contribution in [-0.4, -0.2) is 17.4 Å². The van der Waals surface area contributed by atoms with Gasteiger partial charge in [0.1, 0.15) is 0 Å². The second kappa shape index (κ2) is 5.22. The van der Waals surface area contributed by atoms with E-state index in [0.717, 1.165) is 29.0 Å². The molecule has 1 N–H and O–H groups in total. The van der Waals surface area contributed by atoms with Crippen LogP contribution < -0.4 is 5.32 Å². The maximum absolute atomic E-state index is 12.2. The van der Waals surface area contributed by atoms with Crippen molar-refractivity contribution in [3.63, 3.8) is 0 Å². The maximum Gasteiger partial charge on any atom is 0.251 e. The zero-order chi connectivity index (χ0) is 15.2. The number of aromatic nitrogens is 1. The van der Waals surface area contributed by atoms with E-state index < -0.39 is 0 Å². The lowest BCUT2D eigenvalue weighted by atomic mass is 9.48. The van der Waals surface area contributed by atoms with E-state index in [1.54, 1.807) is 6.08 Å². The predicted molar refractivity (Wildman–Crippen MR) is 86.6 cm³/mol. The van der Waals surface area contributed by atoms with Crippen LogP contribution in [0.1, 0.15) is 54.6 Å². The first kappa shape index (κ1) is 14.0. The molecule has 4 aliphatic rings. The molecule has 22 heavy (non-hydrogen) atoms. The number of hydrogen-bond acceptors (Lipinski definition) is 2. The van der Waals surface area contributed by atoms with Crippen LogP contribution in [0.3, 0.4) is 0 Å². The highest BCUT2D eigenvalue weighted by Gasteiger charge is 2.52. The molecule has 1 aromatic rings. The number of rotatable bonds is 4. The monoisotopic (exact) mass is 296 g/mol. The zero-order valence-corrected chi connectivity index (χ0v) is 13.1. The van der Waals surface area contributed by atoms with E-state index in [9.17, 15) is 4.79 Å². The van der Waals surface area contributed by atoms with E-state index in [1.165, 1.54) is 38.5 Å². The molecule has 1 aromatic heterocycles. The number of nitrogens with one attached hydrogen (secondary N) is 1. The summed E-state index contributed by atoms with van der Waals surface area (Å²) in [5.41, 5.74) is 2.16. The standard InChI is InChI=1S/C19H24N2O/c1-2-4-21-18(22)16-3-5-20-17(9-16)19-10-13-6-14(11-19)8-15(7-13)12-19/h2-3,5,9,13-15H,1,4,6-8,10-12H2,(H,21,22). The van der Waals surface area contributed by atoms with Gasteiger partial charge in [-0.05, 0) is 68.4 Å². The predicted octanol–water partition coefficient (Wildman–Crippen LogP) is 3.47. The van der Waals surface area contributed by atoms with Crippen LogP contribution in [-0.2, 0) is 5.41 Å². The topological polar surface area (TPSA) is 42.0 Å². The average Bonchev–Trinajstić information content (AvgIpc) is 2.51. The van der Waals surface area contributed by atoms with E-state index in [2.05, 4.69) is 11.9 Å². The van der Waals surface area contributed by atoms with Gasteiger partial charge in [-0.2, -0.15) is 0 Å². The first-order valence-corrected chi connectivity index (χ1v) is 8.54. The minimum atomic E-state index is -0.0201. The summed E-state index contributed by atoms with van der Waals surface area (Å²) in [5.74, 6) is 2.66. The van der Waals surface area contributed by atoms with Crippen molar-refractivity contribution >= 4 is 5.91 Å². The van der Waals surface area contributed by atoms with Crippen LogP contribution in [0.5, 0.6) is 0 Å². The minimum absolute atomic E-state index is 0.0201. The molecule has 4 saturated carbocycles. The number of carbonyl (C=O) groups is 1. The Morgan fingerprint density at radius 1 is 1.27 bits per heavy atom. The van der Waals surface area contributed by atoms with Gasteiger partial charge in [-0.25, -0.2) is 0 Å². The van der Waals surface area contributed by atoms with Crippen molar-refractivity contribution in [2.24, 2.45) is 17.8 Å². The second-order valence-electron chi connectivity index (χ2n) is 7.63. The minimum Gasteiger partial charge on any atom is -0.349 e. The fraction of sp³-hybridized carbons (Fsp3) is 0.579. The molecular weight excluding hydrogens is 272 g/mol. The molecule has 0 unspecified atom stereocenters. The third-order valence-electron chi connectivity index (χ3n) is 6.01. The third kappa shape index (κ3) is 2.27. The van der Waals surface area contributed by atoms with Gasteiger partial charge < -0.3 is 5.32 Å². The highest BCUT2D eigenvalue weighted by Crippen LogP contribution is 2.60. The molecule has 0 spiro atoms. The first-order chi connectivity index (χ1) is 10.7. The Bertz CT molecular complexity index is 572. The molecular formula is C19H24N2O. The summed E-state index contributed by atoms with van der Waals surface area (Å²) in [4.78, 5) is 16.9. The van der Waals surface area contributed by atoms with Gasteiger partial charge in [0, 0.05) is 29.4 Å². The van der Waals surface area contributed by atoms with Gasteiger partial charge in [0.05, 0.1) is 0 Å². The molecule has 3 nitrogen and oxygen atoms in total. The summed E-state index contributed by atoms with van der Waals surface area (Å²) < 4.78 is 0. The van der Waals surface area contributed by atoms with Crippen molar-refractivity contribution < 1.29 is 4.79 Å². The molecule has 4 fully saturated rings. The van der Waals surface area contributed by atoms with Crippen molar-refractivity contribution in [3.05, 3.63) is 42.2 Å². The number of nitrogens with zero attached hydrogens (tertiary/aromatic N) is 1. The zero-order valence-electron chi connectivity index (χ0n) is 13.1. The molecule has 4 bridgehead atoms. The summed E-state index contributed by atoms with van der Waals surface area (Å²) in [6, 6.07) is 3.87. The summed E-state index contributed by atoms with van der Waals surface area (Å²) in [6.45, 7) is 4.15. The summed E-state index contributed by atoms with van der Waals surface area (Å²) >= 11 is 0. The Labute approximate surface area is 132 Å². The average molecular weight is 296 g/mol. The molecule has 1 amide bonds. The molecule has 0 aromatic carbocycles. The highest BCUT2D eigenvalue weighted by molar-refractivity contribution is 5.94. The fourth-order valence-corrected chi connectivity index (χ4v) is 5.55. The smallest absolute Gasteiger partial charge is 0.251 e. The van der Waals surface area contributed by atoms with Crippen molar-refractivity contribution in [2.45, 2.75) is 43.9 Å². The van der Waals surface area contributed by atoms with Crippen molar-refractivity contribution in [2.75, 3.05) is 6.54 Å². The molecule has 116 valence electrons. The first-order valence-electron chi connectivity index (χ1n) is 8.54.